The molecule has 21 heavy (non-hydrogen) atoms. The van der Waals surface area contributed by atoms with Gasteiger partial charge in [0, 0.05) is 24.1 Å². The molecule has 0 amide bonds. The molecule has 3 rings (SSSR count). The number of halogens is 1. The van der Waals surface area contributed by atoms with Crippen molar-refractivity contribution in [3.8, 4) is 0 Å². The maximum atomic E-state index is 12.8. The first kappa shape index (κ1) is 15.9. The van der Waals surface area contributed by atoms with E-state index in [-0.39, 0.29) is 34.2 Å². The van der Waals surface area contributed by atoms with Gasteiger partial charge in [-0.05, 0) is 23.5 Å². The molecular weight excluding hydrogens is 326 g/mol. The minimum absolute atomic E-state index is 0. The summed E-state index contributed by atoms with van der Waals surface area (Å²) in [6, 6.07) is 12.0. The Morgan fingerprint density at radius 1 is 1.10 bits per heavy atom. The van der Waals surface area contributed by atoms with Crippen LogP contribution in [0.5, 0.6) is 0 Å². The maximum Gasteiger partial charge on any atom is 0.230 e. The Morgan fingerprint density at radius 3 is 2.38 bits per heavy atom. The second-order valence-corrected chi connectivity index (χ2v) is 6.34. The lowest BCUT2D eigenvalue weighted by Crippen LogP contribution is -3.00. The number of aromatic nitrogens is 1. The quantitative estimate of drug-likeness (QED) is 0.685. The molecule has 1 aliphatic carbocycles. The van der Waals surface area contributed by atoms with E-state index < -0.39 is 0 Å². The van der Waals surface area contributed by atoms with Gasteiger partial charge in [-0.2, -0.15) is 4.57 Å². The third-order valence-electron chi connectivity index (χ3n) is 4.31. The van der Waals surface area contributed by atoms with Crippen molar-refractivity contribution in [1.29, 1.82) is 0 Å². The lowest BCUT2D eigenvalue weighted by Gasteiger charge is -2.33. The Morgan fingerprint density at radius 2 is 1.71 bits per heavy atom. The van der Waals surface area contributed by atoms with Crippen LogP contribution >= 0.6 is 0 Å². The van der Waals surface area contributed by atoms with Gasteiger partial charge < -0.3 is 17.0 Å². The predicted octanol–water partition coefficient (Wildman–Crippen LogP) is 0.392. The van der Waals surface area contributed by atoms with Gasteiger partial charge in [-0.25, -0.2) is 0 Å². The molecule has 1 aromatic carbocycles. The van der Waals surface area contributed by atoms with E-state index in [1.807, 2.05) is 35.2 Å². The topological polar surface area (TPSA) is 20.9 Å². The summed E-state index contributed by atoms with van der Waals surface area (Å²) in [5.74, 6) is 0.230. The van der Waals surface area contributed by atoms with Crippen molar-refractivity contribution in [2.24, 2.45) is 0 Å². The number of carbonyl (C=O) groups is 1. The summed E-state index contributed by atoms with van der Waals surface area (Å²) in [6.07, 6.45) is 4.88. The second kappa shape index (κ2) is 5.72. The van der Waals surface area contributed by atoms with Crippen molar-refractivity contribution in [1.82, 2.24) is 0 Å². The summed E-state index contributed by atoms with van der Waals surface area (Å²) in [6.45, 7) is 6.51. The molecule has 0 aliphatic heterocycles. The standard InChI is InChI=1S/C18H20NO.BrH/c1-13-8-10-19(11-9-13)16-12-18(2,3)15-7-5-4-6-14(15)17(16)20;/h4-11,16H,12H2,1-3H3;1H/q+1;/p-1. The number of rotatable bonds is 1. The SMILES string of the molecule is Cc1cc[n+](C2CC(C)(C)c3ccccc3C2=O)cc1.[Br-]. The summed E-state index contributed by atoms with van der Waals surface area (Å²) in [5.41, 5.74) is 3.28. The van der Waals surface area contributed by atoms with E-state index >= 15 is 0 Å². The third-order valence-corrected chi connectivity index (χ3v) is 4.31. The zero-order chi connectivity index (χ0) is 14.3. The number of hydrogen-bond acceptors (Lipinski definition) is 1. The first-order valence-corrected chi connectivity index (χ1v) is 7.10. The fourth-order valence-electron chi connectivity index (χ4n) is 3.11. The largest absolute Gasteiger partial charge is 1.00 e. The van der Waals surface area contributed by atoms with Crippen LogP contribution in [0.1, 0.15) is 47.8 Å². The van der Waals surface area contributed by atoms with E-state index in [4.69, 9.17) is 0 Å². The molecule has 3 heteroatoms. The van der Waals surface area contributed by atoms with Crippen LogP contribution in [0.15, 0.2) is 48.8 Å². The van der Waals surface area contributed by atoms with Gasteiger partial charge >= 0.3 is 0 Å². The molecule has 0 N–H and O–H groups in total. The minimum Gasteiger partial charge on any atom is -1.00 e. The monoisotopic (exact) mass is 345 g/mol. The molecule has 0 spiro atoms. The minimum atomic E-state index is -0.0968. The van der Waals surface area contributed by atoms with E-state index in [0.29, 0.717) is 0 Å². The van der Waals surface area contributed by atoms with Crippen molar-refractivity contribution >= 4 is 5.78 Å². The first-order chi connectivity index (χ1) is 9.49. The molecule has 0 radical (unpaired) electrons. The number of carbonyl (C=O) groups excluding carboxylic acids is 1. The summed E-state index contributed by atoms with van der Waals surface area (Å²) in [4.78, 5) is 12.8. The van der Waals surface area contributed by atoms with Gasteiger partial charge in [-0.15, -0.1) is 0 Å². The second-order valence-electron chi connectivity index (χ2n) is 6.34. The Hall–Kier alpha value is -1.48. The predicted molar refractivity (Wildman–Crippen MR) is 78.8 cm³/mol. The van der Waals surface area contributed by atoms with Gasteiger partial charge in [0.1, 0.15) is 0 Å². The zero-order valence-electron chi connectivity index (χ0n) is 12.6. The molecule has 1 heterocycles. The zero-order valence-corrected chi connectivity index (χ0v) is 14.2. The van der Waals surface area contributed by atoms with Crippen LogP contribution in [0.3, 0.4) is 0 Å². The van der Waals surface area contributed by atoms with Crippen LogP contribution in [0.2, 0.25) is 0 Å². The molecule has 1 unspecified atom stereocenters. The normalized spacial score (nSPS) is 19.6. The Bertz CT molecular complexity index is 661. The molecule has 2 aromatic rings. The molecule has 1 atom stereocenters. The summed E-state index contributed by atoms with van der Waals surface area (Å²) in [5, 5.41) is 0. The molecule has 0 fully saturated rings. The molecule has 1 aromatic heterocycles. The highest BCUT2D eigenvalue weighted by molar-refractivity contribution is 6.00. The van der Waals surface area contributed by atoms with Crippen LogP contribution in [-0.2, 0) is 5.41 Å². The van der Waals surface area contributed by atoms with Gasteiger partial charge in [0.25, 0.3) is 0 Å². The number of hydrogen-bond donors (Lipinski definition) is 0. The van der Waals surface area contributed by atoms with Crippen molar-refractivity contribution in [3.05, 3.63) is 65.5 Å². The number of fused-ring (bicyclic) bond motifs is 1. The Balaban J connectivity index is 0.00000161. The highest BCUT2D eigenvalue weighted by Crippen LogP contribution is 2.39. The number of nitrogens with zero attached hydrogens (tertiary/aromatic N) is 1. The fourth-order valence-corrected chi connectivity index (χ4v) is 3.11. The van der Waals surface area contributed by atoms with Crippen LogP contribution < -0.4 is 21.5 Å². The van der Waals surface area contributed by atoms with Crippen molar-refractivity contribution in [2.45, 2.75) is 38.6 Å². The third kappa shape index (κ3) is 2.80. The maximum absolute atomic E-state index is 12.8. The van der Waals surface area contributed by atoms with Crippen molar-refractivity contribution < 1.29 is 26.3 Å². The molecule has 110 valence electrons. The molecule has 0 saturated carbocycles. The fraction of sp³-hybridized carbons (Fsp3) is 0.333. The Labute approximate surface area is 136 Å². The Kier molecular flexibility index (Phi) is 4.33. The average Bonchev–Trinajstić information content (AvgIpc) is 2.44. The van der Waals surface area contributed by atoms with Crippen LogP contribution in [0.25, 0.3) is 0 Å². The van der Waals surface area contributed by atoms with Gasteiger partial charge in [0.05, 0.1) is 0 Å². The number of ketones is 1. The van der Waals surface area contributed by atoms with E-state index in [1.54, 1.807) is 0 Å². The average molecular weight is 346 g/mol. The van der Waals surface area contributed by atoms with Gasteiger partial charge in [0.15, 0.2) is 12.4 Å². The molecule has 1 aliphatic rings. The van der Waals surface area contributed by atoms with E-state index in [9.17, 15) is 4.79 Å². The highest BCUT2D eigenvalue weighted by Gasteiger charge is 2.42. The molecule has 0 bridgehead atoms. The lowest BCUT2D eigenvalue weighted by molar-refractivity contribution is -0.710. The lowest BCUT2D eigenvalue weighted by atomic mass is 9.70. The van der Waals surface area contributed by atoms with Crippen LogP contribution in [-0.4, -0.2) is 5.78 Å². The number of pyridine rings is 1. The summed E-state index contributed by atoms with van der Waals surface area (Å²) in [7, 11) is 0. The van der Waals surface area contributed by atoms with Gasteiger partial charge in [0.2, 0.25) is 11.8 Å². The van der Waals surface area contributed by atoms with Crippen molar-refractivity contribution in [3.63, 3.8) is 0 Å². The summed E-state index contributed by atoms with van der Waals surface area (Å²) < 4.78 is 2.05. The van der Waals surface area contributed by atoms with E-state index in [2.05, 4.69) is 39.0 Å². The number of aryl methyl sites for hydroxylation is 1. The molecule has 0 saturated heterocycles. The van der Waals surface area contributed by atoms with Gasteiger partial charge in [-0.1, -0.05) is 38.1 Å². The van der Waals surface area contributed by atoms with Crippen LogP contribution in [0.4, 0.5) is 0 Å². The van der Waals surface area contributed by atoms with E-state index in [1.165, 1.54) is 11.1 Å². The molecular formula is C18H20BrNO. The summed E-state index contributed by atoms with van der Waals surface area (Å²) >= 11 is 0. The van der Waals surface area contributed by atoms with Crippen molar-refractivity contribution in [2.75, 3.05) is 0 Å². The molecule has 2 nitrogen and oxygen atoms in total. The number of Topliss-reactive ketones (excluding diaryl/α,β-unsaturated/α-hetero) is 1. The number of benzene rings is 1. The first-order valence-electron chi connectivity index (χ1n) is 7.10. The van der Waals surface area contributed by atoms with E-state index in [0.717, 1.165) is 12.0 Å². The smallest absolute Gasteiger partial charge is 0.230 e. The highest BCUT2D eigenvalue weighted by atomic mass is 79.9. The van der Waals surface area contributed by atoms with Gasteiger partial charge in [-0.3, -0.25) is 4.79 Å². The van der Waals surface area contributed by atoms with Crippen LogP contribution in [0, 0.1) is 6.92 Å².